The summed E-state index contributed by atoms with van der Waals surface area (Å²) < 4.78 is 5.68. The first kappa shape index (κ1) is 20.7. The number of ether oxygens (including phenoxy) is 1. The highest BCUT2D eigenvalue weighted by atomic mass is 32.2. The van der Waals surface area contributed by atoms with Crippen LogP contribution in [-0.2, 0) is 9.53 Å². The second-order valence-corrected chi connectivity index (χ2v) is 9.43. The zero-order chi connectivity index (χ0) is 19.3. The van der Waals surface area contributed by atoms with E-state index in [1.807, 2.05) is 49.5 Å². The van der Waals surface area contributed by atoms with Gasteiger partial charge in [0.2, 0.25) is 0 Å². The van der Waals surface area contributed by atoms with Crippen molar-refractivity contribution in [3.05, 3.63) is 35.4 Å². The number of rotatable bonds is 6. The van der Waals surface area contributed by atoms with Crippen molar-refractivity contribution in [2.24, 2.45) is 5.92 Å². The average molecular weight is 393 g/mol. The van der Waals surface area contributed by atoms with E-state index in [-0.39, 0.29) is 5.92 Å². The van der Waals surface area contributed by atoms with E-state index < -0.39 is 23.5 Å². The number of thioether (sulfide) groups is 2. The van der Waals surface area contributed by atoms with Gasteiger partial charge in [-0.3, -0.25) is 4.79 Å². The molecule has 5 nitrogen and oxygen atoms in total. The molecule has 2 unspecified atom stereocenters. The van der Waals surface area contributed by atoms with Crippen molar-refractivity contribution < 1.29 is 14.3 Å². The highest BCUT2D eigenvalue weighted by molar-refractivity contribution is 8.19. The minimum atomic E-state index is -1.00. The minimum Gasteiger partial charge on any atom is -0.449 e. The number of benzene rings is 1. The smallest absolute Gasteiger partial charge is 0.338 e. The van der Waals surface area contributed by atoms with E-state index in [0.29, 0.717) is 10.1 Å². The van der Waals surface area contributed by atoms with Crippen molar-refractivity contribution in [1.82, 2.24) is 5.32 Å². The Labute approximate surface area is 163 Å². The van der Waals surface area contributed by atoms with Crippen LogP contribution in [0.2, 0.25) is 0 Å². The van der Waals surface area contributed by atoms with Crippen LogP contribution in [0.4, 0.5) is 0 Å². The number of carbonyl (C=O) groups is 2. The number of hydrogen-bond donors (Lipinski definition) is 1. The van der Waals surface area contributed by atoms with Crippen LogP contribution in [0.5, 0.6) is 0 Å². The molecule has 2 atom stereocenters. The lowest BCUT2D eigenvalue weighted by molar-refractivity contribution is -0.130. The van der Waals surface area contributed by atoms with Crippen molar-refractivity contribution in [2.45, 2.75) is 43.9 Å². The van der Waals surface area contributed by atoms with E-state index >= 15 is 0 Å². The van der Waals surface area contributed by atoms with Crippen molar-refractivity contribution in [2.75, 3.05) is 11.5 Å². The molecule has 1 aliphatic rings. The van der Waals surface area contributed by atoms with Gasteiger partial charge in [-0.2, -0.15) is 5.26 Å². The molecule has 1 aliphatic heterocycles. The molecule has 1 saturated heterocycles. The Bertz CT molecular complexity index is 694. The zero-order valence-corrected chi connectivity index (χ0v) is 17.1. The minimum absolute atomic E-state index is 0.0711. The van der Waals surface area contributed by atoms with E-state index in [2.05, 4.69) is 11.4 Å². The molecule has 2 rings (SSSR count). The van der Waals surface area contributed by atoms with Gasteiger partial charge in [0, 0.05) is 11.5 Å². The molecule has 1 amide bonds. The number of amides is 1. The van der Waals surface area contributed by atoms with E-state index in [9.17, 15) is 14.9 Å². The summed E-state index contributed by atoms with van der Waals surface area (Å²) in [5.74, 6) is 1.19. The summed E-state index contributed by atoms with van der Waals surface area (Å²) >= 11 is 3.80. The Balaban J connectivity index is 1.95. The second kappa shape index (κ2) is 8.83. The van der Waals surface area contributed by atoms with Gasteiger partial charge >= 0.3 is 5.97 Å². The number of esters is 1. The lowest BCUT2D eigenvalue weighted by Gasteiger charge is -2.28. The summed E-state index contributed by atoms with van der Waals surface area (Å²) in [4.78, 5) is 24.6. The largest absolute Gasteiger partial charge is 0.449 e. The van der Waals surface area contributed by atoms with E-state index in [0.717, 1.165) is 11.5 Å². The van der Waals surface area contributed by atoms with Crippen LogP contribution >= 0.6 is 23.5 Å². The molecule has 1 fully saturated rings. The highest BCUT2D eigenvalue weighted by Gasteiger charge is 2.32. The van der Waals surface area contributed by atoms with Crippen LogP contribution < -0.4 is 5.32 Å². The normalized spacial score (nSPS) is 18.0. The van der Waals surface area contributed by atoms with Gasteiger partial charge in [0.1, 0.15) is 5.54 Å². The Hall–Kier alpha value is -1.65. The number of carbonyl (C=O) groups excluding carboxylic acids is 2. The standard InChI is InChI=1S/C19H24N2O3S2/c1-12(2)19(4,11-20)21-16(22)13(3)24-17(23)14-5-7-15(8-6-14)18-25-9-10-26-18/h5-8,12-13,18H,9-10H2,1-4H3,(H,21,22). The van der Waals surface area contributed by atoms with Crippen LogP contribution in [-0.4, -0.2) is 35.0 Å². The highest BCUT2D eigenvalue weighted by Crippen LogP contribution is 2.45. The summed E-state index contributed by atoms with van der Waals surface area (Å²) in [7, 11) is 0. The summed E-state index contributed by atoms with van der Waals surface area (Å²) in [6.07, 6.45) is -0.977. The van der Waals surface area contributed by atoms with Crippen molar-refractivity contribution in [3.8, 4) is 6.07 Å². The van der Waals surface area contributed by atoms with Gasteiger partial charge in [0.05, 0.1) is 16.2 Å². The molecule has 0 radical (unpaired) electrons. The molecule has 1 aromatic rings. The molecule has 140 valence electrons. The first-order valence-corrected chi connectivity index (χ1v) is 10.6. The third-order valence-corrected chi connectivity index (χ3v) is 7.57. The average Bonchev–Trinajstić information content (AvgIpc) is 3.16. The van der Waals surface area contributed by atoms with Crippen molar-refractivity contribution in [1.29, 1.82) is 5.26 Å². The summed E-state index contributed by atoms with van der Waals surface area (Å²) in [6, 6.07) is 9.43. The third kappa shape index (κ3) is 4.95. The SMILES string of the molecule is CC(OC(=O)c1ccc(C2SCCS2)cc1)C(=O)NC(C)(C#N)C(C)C. The number of nitrogens with zero attached hydrogens (tertiary/aromatic N) is 1. The first-order chi connectivity index (χ1) is 12.3. The lowest BCUT2D eigenvalue weighted by atomic mass is 9.90. The van der Waals surface area contributed by atoms with Crippen LogP contribution in [0.3, 0.4) is 0 Å². The van der Waals surface area contributed by atoms with E-state index in [4.69, 9.17) is 4.74 Å². The number of hydrogen-bond acceptors (Lipinski definition) is 6. The van der Waals surface area contributed by atoms with Gasteiger partial charge in [0.15, 0.2) is 6.10 Å². The molecular weight excluding hydrogens is 368 g/mol. The fourth-order valence-corrected chi connectivity index (χ4v) is 5.13. The molecule has 0 aromatic heterocycles. The lowest BCUT2D eigenvalue weighted by Crippen LogP contribution is -2.52. The second-order valence-electron chi connectivity index (χ2n) is 6.70. The number of nitriles is 1. The first-order valence-electron chi connectivity index (χ1n) is 8.54. The van der Waals surface area contributed by atoms with Crippen LogP contribution in [0.15, 0.2) is 24.3 Å². The summed E-state index contributed by atoms with van der Waals surface area (Å²) in [5, 5.41) is 11.9. The Morgan fingerprint density at radius 2 is 1.81 bits per heavy atom. The summed E-state index contributed by atoms with van der Waals surface area (Å²) in [6.45, 7) is 6.86. The molecule has 0 saturated carbocycles. The molecule has 0 bridgehead atoms. The fraction of sp³-hybridized carbons (Fsp3) is 0.526. The summed E-state index contributed by atoms with van der Waals surface area (Å²) in [5.41, 5.74) is 0.589. The van der Waals surface area contributed by atoms with Gasteiger partial charge in [-0.15, -0.1) is 23.5 Å². The maximum Gasteiger partial charge on any atom is 0.338 e. The van der Waals surface area contributed by atoms with Crippen LogP contribution in [0.1, 0.15) is 48.2 Å². The maximum atomic E-state index is 12.3. The van der Waals surface area contributed by atoms with E-state index in [1.165, 1.54) is 12.5 Å². The van der Waals surface area contributed by atoms with Gasteiger partial charge in [-0.1, -0.05) is 26.0 Å². The molecule has 7 heteroatoms. The fourth-order valence-electron chi connectivity index (χ4n) is 2.27. The number of nitrogens with one attached hydrogen (secondary N) is 1. The molecule has 26 heavy (non-hydrogen) atoms. The monoisotopic (exact) mass is 392 g/mol. The van der Waals surface area contributed by atoms with Crippen molar-refractivity contribution in [3.63, 3.8) is 0 Å². The van der Waals surface area contributed by atoms with Gasteiger partial charge in [0.25, 0.3) is 5.91 Å². The quantitative estimate of drug-likeness (QED) is 0.743. The van der Waals surface area contributed by atoms with Gasteiger partial charge in [-0.05, 0) is 37.5 Å². The van der Waals surface area contributed by atoms with Gasteiger partial charge < -0.3 is 10.1 Å². The Morgan fingerprint density at radius 1 is 1.23 bits per heavy atom. The van der Waals surface area contributed by atoms with Crippen molar-refractivity contribution >= 4 is 35.4 Å². The molecule has 1 N–H and O–H groups in total. The van der Waals surface area contributed by atoms with Crippen LogP contribution in [0.25, 0.3) is 0 Å². The molecule has 1 heterocycles. The van der Waals surface area contributed by atoms with Crippen LogP contribution in [0, 0.1) is 17.2 Å². The predicted octanol–water partition coefficient (Wildman–Crippen LogP) is 3.76. The predicted molar refractivity (Wildman–Crippen MR) is 106 cm³/mol. The topological polar surface area (TPSA) is 79.2 Å². The van der Waals surface area contributed by atoms with E-state index in [1.54, 1.807) is 19.1 Å². The molecule has 0 aliphatic carbocycles. The third-order valence-electron chi connectivity index (χ3n) is 4.46. The molecule has 0 spiro atoms. The van der Waals surface area contributed by atoms with Gasteiger partial charge in [-0.25, -0.2) is 4.79 Å². The Kier molecular flexibility index (Phi) is 7.01. The Morgan fingerprint density at radius 3 is 2.31 bits per heavy atom. The molecule has 1 aromatic carbocycles. The zero-order valence-electron chi connectivity index (χ0n) is 15.4. The molecular formula is C19H24N2O3S2. The maximum absolute atomic E-state index is 12.3.